The van der Waals surface area contributed by atoms with Gasteiger partial charge < -0.3 is 14.2 Å². The van der Waals surface area contributed by atoms with Gasteiger partial charge >= 0.3 is 5.97 Å². The van der Waals surface area contributed by atoms with Crippen LogP contribution >= 0.6 is 0 Å². The molecule has 0 fully saturated rings. The minimum absolute atomic E-state index is 0. The number of ether oxygens (including phenoxy) is 3. The first-order valence-corrected chi connectivity index (χ1v) is 3.84. The predicted octanol–water partition coefficient (Wildman–Crippen LogP) is 1.98. The number of carbonyl (C=O) groups is 1. The van der Waals surface area contributed by atoms with E-state index in [2.05, 4.69) is 0 Å². The SMILES string of the molecule is C.CC(=O)Oc1ccc2c(c1)OCO2. The molecule has 0 saturated carbocycles. The molecule has 0 radical (unpaired) electrons. The number of rotatable bonds is 1. The van der Waals surface area contributed by atoms with Crippen LogP contribution in [0.5, 0.6) is 17.2 Å². The zero-order valence-electron chi connectivity index (χ0n) is 7.07. The van der Waals surface area contributed by atoms with Gasteiger partial charge in [0.15, 0.2) is 11.5 Å². The van der Waals surface area contributed by atoms with E-state index in [9.17, 15) is 4.79 Å². The summed E-state index contributed by atoms with van der Waals surface area (Å²) < 4.78 is 15.1. The summed E-state index contributed by atoms with van der Waals surface area (Å²) in [5.41, 5.74) is 0. The third-order valence-electron chi connectivity index (χ3n) is 1.61. The van der Waals surface area contributed by atoms with Crippen molar-refractivity contribution in [3.63, 3.8) is 0 Å². The van der Waals surface area contributed by atoms with E-state index in [1.807, 2.05) is 0 Å². The van der Waals surface area contributed by atoms with Crippen molar-refractivity contribution < 1.29 is 19.0 Å². The van der Waals surface area contributed by atoms with E-state index in [0.717, 1.165) is 0 Å². The normalized spacial score (nSPS) is 11.8. The molecule has 0 N–H and O–H groups in total. The summed E-state index contributed by atoms with van der Waals surface area (Å²) in [6.45, 7) is 1.57. The quantitative estimate of drug-likeness (QED) is 0.509. The van der Waals surface area contributed by atoms with Crippen molar-refractivity contribution in [2.45, 2.75) is 14.4 Å². The van der Waals surface area contributed by atoms with Gasteiger partial charge in [0, 0.05) is 13.0 Å². The van der Waals surface area contributed by atoms with Gasteiger partial charge in [-0.15, -0.1) is 0 Å². The first-order valence-electron chi connectivity index (χ1n) is 3.84. The maximum Gasteiger partial charge on any atom is 0.308 e. The Bertz CT molecular complexity index is 346. The minimum atomic E-state index is -0.348. The minimum Gasteiger partial charge on any atom is -0.454 e. The Morgan fingerprint density at radius 3 is 2.79 bits per heavy atom. The number of hydrogen-bond donors (Lipinski definition) is 0. The van der Waals surface area contributed by atoms with E-state index in [0.29, 0.717) is 17.2 Å². The summed E-state index contributed by atoms with van der Waals surface area (Å²) in [7, 11) is 0. The smallest absolute Gasteiger partial charge is 0.308 e. The molecule has 0 bridgehead atoms. The number of fused-ring (bicyclic) bond motifs is 1. The molecule has 76 valence electrons. The monoisotopic (exact) mass is 196 g/mol. The summed E-state index contributed by atoms with van der Waals surface area (Å²) in [5.74, 6) is 1.41. The lowest BCUT2D eigenvalue weighted by atomic mass is 10.3. The van der Waals surface area contributed by atoms with Crippen LogP contribution in [0, 0.1) is 0 Å². The van der Waals surface area contributed by atoms with Crippen LogP contribution in [0.15, 0.2) is 18.2 Å². The molecule has 14 heavy (non-hydrogen) atoms. The van der Waals surface area contributed by atoms with Crippen LogP contribution in [-0.4, -0.2) is 12.8 Å². The molecular formula is C10H12O4. The lowest BCUT2D eigenvalue weighted by Crippen LogP contribution is -2.00. The standard InChI is InChI=1S/C9H8O4.CH4/c1-6(10)13-7-2-3-8-9(4-7)12-5-11-8;/h2-4H,5H2,1H3;1H4. The fourth-order valence-corrected chi connectivity index (χ4v) is 1.11. The van der Waals surface area contributed by atoms with Gasteiger partial charge in [0.2, 0.25) is 6.79 Å². The molecule has 1 aromatic rings. The van der Waals surface area contributed by atoms with Crippen LogP contribution in [0.25, 0.3) is 0 Å². The summed E-state index contributed by atoms with van der Waals surface area (Å²) in [5, 5.41) is 0. The maximum atomic E-state index is 10.6. The summed E-state index contributed by atoms with van der Waals surface area (Å²) in [6.07, 6.45) is 0. The van der Waals surface area contributed by atoms with Gasteiger partial charge in [0.1, 0.15) is 5.75 Å². The number of hydrogen-bond acceptors (Lipinski definition) is 4. The number of carbonyl (C=O) groups excluding carboxylic acids is 1. The van der Waals surface area contributed by atoms with Crippen molar-refractivity contribution >= 4 is 5.97 Å². The molecule has 0 saturated heterocycles. The largest absolute Gasteiger partial charge is 0.454 e. The van der Waals surface area contributed by atoms with Crippen molar-refractivity contribution in [3.05, 3.63) is 18.2 Å². The third-order valence-corrected chi connectivity index (χ3v) is 1.61. The second-order valence-electron chi connectivity index (χ2n) is 2.61. The zero-order chi connectivity index (χ0) is 9.26. The van der Waals surface area contributed by atoms with Gasteiger partial charge in [-0.25, -0.2) is 0 Å². The Kier molecular flexibility index (Phi) is 2.96. The fourth-order valence-electron chi connectivity index (χ4n) is 1.11. The van der Waals surface area contributed by atoms with Gasteiger partial charge in [-0.1, -0.05) is 7.43 Å². The highest BCUT2D eigenvalue weighted by atomic mass is 16.7. The molecule has 4 nitrogen and oxygen atoms in total. The van der Waals surface area contributed by atoms with E-state index in [4.69, 9.17) is 14.2 Å². The van der Waals surface area contributed by atoms with Gasteiger partial charge in [0.25, 0.3) is 0 Å². The predicted molar refractivity (Wildman–Crippen MR) is 50.6 cm³/mol. The first kappa shape index (κ1) is 10.4. The molecule has 1 aromatic carbocycles. The van der Waals surface area contributed by atoms with E-state index in [-0.39, 0.29) is 20.2 Å². The van der Waals surface area contributed by atoms with Crippen LogP contribution in [0.1, 0.15) is 14.4 Å². The summed E-state index contributed by atoms with van der Waals surface area (Å²) in [4.78, 5) is 10.6. The second-order valence-corrected chi connectivity index (χ2v) is 2.61. The second kappa shape index (κ2) is 4.00. The van der Waals surface area contributed by atoms with Gasteiger partial charge in [-0.05, 0) is 12.1 Å². The highest BCUT2D eigenvalue weighted by Crippen LogP contribution is 2.34. The van der Waals surface area contributed by atoms with Crippen LogP contribution in [0.2, 0.25) is 0 Å². The molecule has 1 heterocycles. The number of esters is 1. The van der Waals surface area contributed by atoms with Crippen molar-refractivity contribution in [2.75, 3.05) is 6.79 Å². The molecule has 0 amide bonds. The molecular weight excluding hydrogens is 184 g/mol. The topological polar surface area (TPSA) is 44.8 Å². The van der Waals surface area contributed by atoms with Crippen LogP contribution in [-0.2, 0) is 4.79 Å². The highest BCUT2D eigenvalue weighted by molar-refractivity contribution is 5.69. The Morgan fingerprint density at radius 1 is 1.36 bits per heavy atom. The lowest BCUT2D eigenvalue weighted by molar-refractivity contribution is -0.131. The molecule has 2 rings (SSSR count). The summed E-state index contributed by atoms with van der Waals surface area (Å²) >= 11 is 0. The van der Waals surface area contributed by atoms with E-state index >= 15 is 0 Å². The van der Waals surface area contributed by atoms with Gasteiger partial charge in [-0.2, -0.15) is 0 Å². The van der Waals surface area contributed by atoms with Crippen molar-refractivity contribution in [2.24, 2.45) is 0 Å². The maximum absolute atomic E-state index is 10.6. The van der Waals surface area contributed by atoms with Crippen molar-refractivity contribution in [3.8, 4) is 17.2 Å². The van der Waals surface area contributed by atoms with Crippen LogP contribution in [0.3, 0.4) is 0 Å². The average Bonchev–Trinajstić information content (AvgIpc) is 2.49. The number of benzene rings is 1. The van der Waals surface area contributed by atoms with Gasteiger partial charge in [-0.3, -0.25) is 4.79 Å². The fraction of sp³-hybridized carbons (Fsp3) is 0.300. The van der Waals surface area contributed by atoms with Crippen LogP contribution in [0.4, 0.5) is 0 Å². The lowest BCUT2D eigenvalue weighted by Gasteiger charge is -2.01. The molecule has 0 spiro atoms. The zero-order valence-corrected chi connectivity index (χ0v) is 7.07. The molecule has 1 aliphatic heterocycles. The van der Waals surface area contributed by atoms with Crippen molar-refractivity contribution in [1.29, 1.82) is 0 Å². The van der Waals surface area contributed by atoms with Crippen LogP contribution < -0.4 is 14.2 Å². The Labute approximate surface area is 82.4 Å². The Hall–Kier alpha value is -1.71. The molecule has 0 aliphatic carbocycles. The Morgan fingerprint density at radius 2 is 2.07 bits per heavy atom. The molecule has 1 aliphatic rings. The highest BCUT2D eigenvalue weighted by Gasteiger charge is 2.13. The summed E-state index contributed by atoms with van der Waals surface area (Å²) in [6, 6.07) is 5.00. The average molecular weight is 196 g/mol. The molecule has 0 aromatic heterocycles. The Balaban J connectivity index is 0.000000980. The first-order chi connectivity index (χ1) is 6.25. The van der Waals surface area contributed by atoms with Gasteiger partial charge in [0.05, 0.1) is 0 Å². The third kappa shape index (κ3) is 1.96. The van der Waals surface area contributed by atoms with E-state index in [1.165, 1.54) is 6.92 Å². The molecule has 4 heteroatoms. The molecule has 0 atom stereocenters. The van der Waals surface area contributed by atoms with E-state index in [1.54, 1.807) is 18.2 Å². The van der Waals surface area contributed by atoms with E-state index < -0.39 is 0 Å². The van der Waals surface area contributed by atoms with Crippen molar-refractivity contribution in [1.82, 2.24) is 0 Å². The molecule has 0 unspecified atom stereocenters.